The fourth-order valence-corrected chi connectivity index (χ4v) is 7.95. The molecule has 46 heavy (non-hydrogen) atoms. The third-order valence-corrected chi connectivity index (χ3v) is 11.0. The molecule has 0 spiro atoms. The number of carboxylic acids is 1. The zero-order valence-corrected chi connectivity index (χ0v) is 26.7. The Morgan fingerprint density at radius 1 is 1.09 bits per heavy atom. The molecular formula is C35H33Cl2FN4O4. The molecule has 0 unspecified atom stereocenters. The summed E-state index contributed by atoms with van der Waals surface area (Å²) < 4.78 is 26.3. The summed E-state index contributed by atoms with van der Waals surface area (Å²) >= 11 is 13.0. The Morgan fingerprint density at radius 3 is 2.46 bits per heavy atom. The normalized spacial score (nSPS) is 24.6. The van der Waals surface area contributed by atoms with Crippen LogP contribution in [0.15, 0.2) is 47.3 Å². The molecule has 1 aromatic carbocycles. The van der Waals surface area contributed by atoms with Crippen LogP contribution in [0, 0.1) is 5.41 Å². The number of alkyl halides is 1. The Morgan fingerprint density at radius 2 is 1.80 bits per heavy atom. The number of anilines is 1. The van der Waals surface area contributed by atoms with Gasteiger partial charge in [0.1, 0.15) is 23.4 Å². The summed E-state index contributed by atoms with van der Waals surface area (Å²) in [5, 5.41) is 16.5. The average molecular weight is 664 g/mol. The predicted molar refractivity (Wildman–Crippen MR) is 174 cm³/mol. The van der Waals surface area contributed by atoms with Crippen LogP contribution in [0.4, 0.5) is 10.2 Å². The van der Waals surface area contributed by atoms with Crippen molar-refractivity contribution in [3.8, 4) is 11.3 Å². The molecule has 4 aromatic rings. The van der Waals surface area contributed by atoms with Crippen LogP contribution in [0.3, 0.4) is 0 Å². The van der Waals surface area contributed by atoms with Crippen molar-refractivity contribution in [2.45, 2.75) is 75.7 Å². The fourth-order valence-electron chi connectivity index (χ4n) is 7.41. The molecule has 5 fully saturated rings. The van der Waals surface area contributed by atoms with Gasteiger partial charge in [-0.25, -0.2) is 14.2 Å². The lowest BCUT2D eigenvalue weighted by atomic mass is 9.58. The Kier molecular flexibility index (Phi) is 7.34. The van der Waals surface area contributed by atoms with Crippen LogP contribution >= 0.6 is 23.2 Å². The number of allylic oxidation sites excluding steroid dienone is 1. The first-order valence-electron chi connectivity index (χ1n) is 15.9. The number of aromatic nitrogens is 3. The van der Waals surface area contributed by atoms with Gasteiger partial charge in [-0.05, 0) is 79.9 Å². The van der Waals surface area contributed by atoms with Crippen molar-refractivity contribution >= 4 is 51.8 Å². The van der Waals surface area contributed by atoms with Crippen molar-refractivity contribution in [1.82, 2.24) is 15.1 Å². The number of nitrogens with zero attached hydrogens (tertiary/aromatic N) is 4. The zero-order chi connectivity index (χ0) is 31.6. The first-order valence-corrected chi connectivity index (χ1v) is 16.7. The second kappa shape index (κ2) is 11.3. The van der Waals surface area contributed by atoms with Crippen LogP contribution in [0.25, 0.3) is 28.1 Å². The molecular weight excluding hydrogens is 630 g/mol. The van der Waals surface area contributed by atoms with E-state index in [1.807, 2.05) is 23.1 Å². The van der Waals surface area contributed by atoms with E-state index in [-0.39, 0.29) is 29.8 Å². The van der Waals surface area contributed by atoms with Gasteiger partial charge in [-0.15, -0.1) is 0 Å². The van der Waals surface area contributed by atoms with Crippen LogP contribution in [-0.2, 0) is 11.3 Å². The Labute approximate surface area is 275 Å². The summed E-state index contributed by atoms with van der Waals surface area (Å²) in [5.74, 6) is 0.681. The second-order valence-corrected chi connectivity index (χ2v) is 14.2. The Balaban J connectivity index is 0.988. The van der Waals surface area contributed by atoms with Crippen LogP contribution < -0.4 is 4.90 Å². The molecule has 0 radical (unpaired) electrons. The number of benzene rings is 1. The maximum Gasteiger partial charge on any atom is 0.354 e. The highest BCUT2D eigenvalue weighted by Crippen LogP contribution is 2.55. The van der Waals surface area contributed by atoms with Gasteiger partial charge in [-0.2, -0.15) is 0 Å². The number of rotatable bonds is 9. The van der Waals surface area contributed by atoms with E-state index < -0.39 is 12.1 Å². The number of ether oxygens (including phenoxy) is 1. The van der Waals surface area contributed by atoms with E-state index in [9.17, 15) is 14.3 Å². The van der Waals surface area contributed by atoms with Crippen LogP contribution in [0.1, 0.15) is 84.7 Å². The molecule has 4 aliphatic carbocycles. The number of carbonyl (C=O) groups is 1. The number of hydrogen-bond acceptors (Lipinski definition) is 7. The number of halogens is 3. The van der Waals surface area contributed by atoms with Gasteiger partial charge in [0.05, 0.1) is 35.3 Å². The SMILES string of the molecule is O=C(O)c1cc2ccc(C=CC34CCC(OCc5c(-c6c(Cl)cncc6Cl)noc5C5CC5)(CC3)CC4)cc2c(N2CC(F)C2)n1. The first kappa shape index (κ1) is 29.8. The Hall–Kier alpha value is -3.53. The maximum atomic E-state index is 13.7. The minimum atomic E-state index is -1.09. The monoisotopic (exact) mass is 662 g/mol. The lowest BCUT2D eigenvalue weighted by Crippen LogP contribution is -2.49. The fraction of sp³-hybridized carbons (Fsp3) is 0.429. The minimum absolute atomic E-state index is 0.0314. The molecule has 3 aromatic heterocycles. The molecule has 1 saturated heterocycles. The number of aromatic carboxylic acids is 1. The molecule has 5 aliphatic rings. The highest BCUT2D eigenvalue weighted by atomic mass is 35.5. The highest BCUT2D eigenvalue weighted by Gasteiger charge is 2.48. The molecule has 1 N–H and O–H groups in total. The van der Waals surface area contributed by atoms with Gasteiger partial charge < -0.3 is 19.3 Å². The van der Waals surface area contributed by atoms with E-state index >= 15 is 0 Å². The maximum absolute atomic E-state index is 13.7. The van der Waals surface area contributed by atoms with Gasteiger partial charge in [0.15, 0.2) is 5.69 Å². The molecule has 238 valence electrons. The molecule has 4 saturated carbocycles. The van der Waals surface area contributed by atoms with Gasteiger partial charge in [-0.1, -0.05) is 52.6 Å². The average Bonchev–Trinajstić information content (AvgIpc) is 3.81. The van der Waals surface area contributed by atoms with Gasteiger partial charge in [0, 0.05) is 34.8 Å². The van der Waals surface area contributed by atoms with Crippen molar-refractivity contribution in [3.63, 3.8) is 0 Å². The summed E-state index contributed by atoms with van der Waals surface area (Å²) in [7, 11) is 0. The number of pyridine rings is 2. The molecule has 1 aliphatic heterocycles. The van der Waals surface area contributed by atoms with Gasteiger partial charge >= 0.3 is 5.97 Å². The van der Waals surface area contributed by atoms with Crippen molar-refractivity contribution in [3.05, 3.63) is 75.4 Å². The lowest BCUT2D eigenvalue weighted by Gasteiger charge is -2.52. The quantitative estimate of drug-likeness (QED) is 0.190. The third-order valence-electron chi connectivity index (χ3n) is 10.4. The molecule has 11 heteroatoms. The van der Waals surface area contributed by atoms with E-state index in [1.165, 1.54) is 0 Å². The molecule has 0 atom stereocenters. The van der Waals surface area contributed by atoms with Crippen molar-refractivity contribution in [2.75, 3.05) is 18.0 Å². The summed E-state index contributed by atoms with van der Waals surface area (Å²) in [6.45, 7) is 0.854. The van der Waals surface area contributed by atoms with E-state index in [0.717, 1.165) is 79.0 Å². The zero-order valence-electron chi connectivity index (χ0n) is 25.1. The number of carboxylic acid groups (broad SMARTS) is 1. The predicted octanol–water partition coefficient (Wildman–Crippen LogP) is 8.65. The Bertz CT molecular complexity index is 1840. The van der Waals surface area contributed by atoms with E-state index in [2.05, 4.69) is 27.3 Å². The number of hydrogen-bond donors (Lipinski definition) is 1. The standard InChI is InChI=1S/C35H33Cl2FN4O4/c36-26-15-39-16-27(37)29(26)30-25(31(46-41-30)21-3-4-21)19-45-35-10-7-34(8-11-35,9-12-35)6-5-20-1-2-22-14-28(33(43)44)40-32(24(22)13-20)42-17-23(38)18-42/h1-2,5-6,13-16,21,23H,3-4,7-12,17-19H2,(H,43,44). The summed E-state index contributed by atoms with van der Waals surface area (Å²) in [6, 6.07) is 7.56. The second-order valence-electron chi connectivity index (χ2n) is 13.4. The van der Waals surface area contributed by atoms with Crippen LogP contribution in [0.2, 0.25) is 10.0 Å². The van der Waals surface area contributed by atoms with Gasteiger partial charge in [0.2, 0.25) is 0 Å². The summed E-state index contributed by atoms with van der Waals surface area (Å²) in [5.41, 5.74) is 3.12. The first-order chi connectivity index (χ1) is 22.2. The highest BCUT2D eigenvalue weighted by molar-refractivity contribution is 6.38. The van der Waals surface area contributed by atoms with Crippen molar-refractivity contribution < 1.29 is 23.6 Å². The lowest BCUT2D eigenvalue weighted by molar-refractivity contribution is -0.133. The van der Waals surface area contributed by atoms with E-state index in [0.29, 0.717) is 39.6 Å². The molecule has 0 amide bonds. The third kappa shape index (κ3) is 5.36. The van der Waals surface area contributed by atoms with Gasteiger partial charge in [-0.3, -0.25) is 4.98 Å². The van der Waals surface area contributed by atoms with Crippen molar-refractivity contribution in [1.29, 1.82) is 0 Å². The summed E-state index contributed by atoms with van der Waals surface area (Å²) in [6.07, 6.45) is 14.9. The van der Waals surface area contributed by atoms with Gasteiger partial charge in [0.25, 0.3) is 0 Å². The number of fused-ring (bicyclic) bond motifs is 4. The van der Waals surface area contributed by atoms with Crippen LogP contribution in [-0.4, -0.2) is 51.1 Å². The minimum Gasteiger partial charge on any atom is -0.477 e. The molecule has 8 nitrogen and oxygen atoms in total. The molecule has 4 heterocycles. The smallest absolute Gasteiger partial charge is 0.354 e. The van der Waals surface area contributed by atoms with Crippen molar-refractivity contribution in [2.24, 2.45) is 5.41 Å². The molecule has 2 bridgehead atoms. The van der Waals surface area contributed by atoms with Crippen LogP contribution in [0.5, 0.6) is 0 Å². The van der Waals surface area contributed by atoms with E-state index in [4.69, 9.17) is 32.5 Å². The topological polar surface area (TPSA) is 102 Å². The summed E-state index contributed by atoms with van der Waals surface area (Å²) in [4.78, 5) is 22.0. The largest absolute Gasteiger partial charge is 0.477 e. The molecule has 9 rings (SSSR count). The van der Waals surface area contributed by atoms with E-state index in [1.54, 1.807) is 18.5 Å².